The number of anilines is 1. The van der Waals surface area contributed by atoms with Crippen LogP contribution in [0.1, 0.15) is 25.6 Å². The molecule has 1 aliphatic heterocycles. The smallest absolute Gasteiger partial charge is 0.159 e. The standard InChI is InChI=1S/C16H24N6/c1-13(12-21-6-3-4-7-21)9-19-15-10-17-11-16(20-15)22-8-5-18-14(22)2/h5,8,10-11,13H,3-4,6-7,9,12H2,1-2H3,(H,19,20)/t13-/m0/s1. The first kappa shape index (κ1) is 15.0. The zero-order valence-electron chi connectivity index (χ0n) is 13.4. The summed E-state index contributed by atoms with van der Waals surface area (Å²) in [6.07, 6.45) is 9.90. The van der Waals surface area contributed by atoms with Crippen molar-refractivity contribution in [1.82, 2.24) is 24.4 Å². The fraction of sp³-hybridized carbons (Fsp3) is 0.562. The Morgan fingerprint density at radius 1 is 1.27 bits per heavy atom. The molecule has 0 aliphatic carbocycles. The maximum atomic E-state index is 4.62. The molecule has 0 unspecified atom stereocenters. The number of likely N-dealkylation sites (tertiary alicyclic amines) is 1. The lowest BCUT2D eigenvalue weighted by atomic mass is 10.1. The fourth-order valence-corrected chi connectivity index (χ4v) is 2.93. The summed E-state index contributed by atoms with van der Waals surface area (Å²) in [6, 6.07) is 0. The molecule has 0 radical (unpaired) electrons. The highest BCUT2D eigenvalue weighted by molar-refractivity contribution is 5.36. The van der Waals surface area contributed by atoms with Crippen molar-refractivity contribution in [2.24, 2.45) is 5.92 Å². The van der Waals surface area contributed by atoms with Gasteiger partial charge in [0.25, 0.3) is 0 Å². The third kappa shape index (κ3) is 3.62. The van der Waals surface area contributed by atoms with Crippen LogP contribution in [-0.2, 0) is 0 Å². The van der Waals surface area contributed by atoms with E-state index in [4.69, 9.17) is 0 Å². The maximum Gasteiger partial charge on any atom is 0.159 e. The quantitative estimate of drug-likeness (QED) is 0.885. The molecule has 2 aromatic rings. The molecule has 1 fully saturated rings. The van der Waals surface area contributed by atoms with E-state index >= 15 is 0 Å². The van der Waals surface area contributed by atoms with Gasteiger partial charge in [-0.1, -0.05) is 6.92 Å². The van der Waals surface area contributed by atoms with Gasteiger partial charge in [0.15, 0.2) is 5.82 Å². The summed E-state index contributed by atoms with van der Waals surface area (Å²) in [5.41, 5.74) is 0. The summed E-state index contributed by atoms with van der Waals surface area (Å²) in [5.74, 6) is 3.12. The Hall–Kier alpha value is -1.95. The predicted octanol–water partition coefficient (Wildman–Crippen LogP) is 2.11. The highest BCUT2D eigenvalue weighted by Gasteiger charge is 2.14. The van der Waals surface area contributed by atoms with Gasteiger partial charge in [-0.25, -0.2) is 9.97 Å². The van der Waals surface area contributed by atoms with Crippen LogP contribution in [0, 0.1) is 12.8 Å². The summed E-state index contributed by atoms with van der Waals surface area (Å²) < 4.78 is 1.94. The van der Waals surface area contributed by atoms with Gasteiger partial charge in [0.1, 0.15) is 11.6 Å². The molecule has 0 amide bonds. The molecule has 6 heteroatoms. The molecule has 3 heterocycles. The molecule has 22 heavy (non-hydrogen) atoms. The van der Waals surface area contributed by atoms with Gasteiger partial charge >= 0.3 is 0 Å². The van der Waals surface area contributed by atoms with Crippen LogP contribution in [0.3, 0.4) is 0 Å². The first-order chi connectivity index (χ1) is 10.7. The average molecular weight is 300 g/mol. The van der Waals surface area contributed by atoms with Crippen LogP contribution < -0.4 is 5.32 Å². The van der Waals surface area contributed by atoms with Crippen molar-refractivity contribution in [3.05, 3.63) is 30.6 Å². The van der Waals surface area contributed by atoms with Crippen LogP contribution in [0.15, 0.2) is 24.8 Å². The van der Waals surface area contributed by atoms with E-state index in [9.17, 15) is 0 Å². The van der Waals surface area contributed by atoms with Crippen molar-refractivity contribution in [2.45, 2.75) is 26.7 Å². The average Bonchev–Trinajstić information content (AvgIpc) is 3.17. The Balaban J connectivity index is 1.57. The van der Waals surface area contributed by atoms with Gasteiger partial charge in [0, 0.05) is 25.5 Å². The van der Waals surface area contributed by atoms with Crippen molar-refractivity contribution in [3.8, 4) is 5.82 Å². The molecule has 1 aliphatic rings. The van der Waals surface area contributed by atoms with Crippen molar-refractivity contribution in [1.29, 1.82) is 0 Å². The minimum Gasteiger partial charge on any atom is -0.368 e. The molecular weight excluding hydrogens is 276 g/mol. The third-order valence-electron chi connectivity index (χ3n) is 4.09. The minimum atomic E-state index is 0.596. The van der Waals surface area contributed by atoms with Crippen molar-refractivity contribution >= 4 is 5.82 Å². The minimum absolute atomic E-state index is 0.596. The van der Waals surface area contributed by atoms with E-state index in [1.54, 1.807) is 18.6 Å². The lowest BCUT2D eigenvalue weighted by Gasteiger charge is -2.20. The number of aromatic nitrogens is 4. The van der Waals surface area contributed by atoms with E-state index in [1.807, 2.05) is 17.7 Å². The Morgan fingerprint density at radius 3 is 2.82 bits per heavy atom. The Labute approximate surface area is 131 Å². The molecule has 1 saturated heterocycles. The Kier molecular flexibility index (Phi) is 4.68. The van der Waals surface area contributed by atoms with Crippen molar-refractivity contribution < 1.29 is 0 Å². The van der Waals surface area contributed by atoms with Crippen LogP contribution in [0.2, 0.25) is 0 Å². The normalized spacial score (nSPS) is 16.8. The van der Waals surface area contributed by atoms with E-state index in [0.29, 0.717) is 5.92 Å². The SMILES string of the molecule is Cc1nccn1-c1cncc(NC[C@H](C)CN2CCCC2)n1. The molecule has 0 saturated carbocycles. The first-order valence-electron chi connectivity index (χ1n) is 8.01. The van der Waals surface area contributed by atoms with E-state index in [0.717, 1.165) is 30.5 Å². The molecule has 2 aromatic heterocycles. The summed E-state index contributed by atoms with van der Waals surface area (Å²) in [5, 5.41) is 3.41. The highest BCUT2D eigenvalue weighted by atomic mass is 15.2. The number of imidazole rings is 1. The highest BCUT2D eigenvalue weighted by Crippen LogP contribution is 2.12. The topological polar surface area (TPSA) is 58.9 Å². The lowest BCUT2D eigenvalue weighted by Crippen LogP contribution is -2.29. The van der Waals surface area contributed by atoms with Crippen LogP contribution in [0.4, 0.5) is 5.82 Å². The number of nitrogens with zero attached hydrogens (tertiary/aromatic N) is 5. The molecular formula is C16H24N6. The van der Waals surface area contributed by atoms with Gasteiger partial charge in [-0.05, 0) is 38.8 Å². The Morgan fingerprint density at radius 2 is 2.09 bits per heavy atom. The molecule has 6 nitrogen and oxygen atoms in total. The van der Waals surface area contributed by atoms with Gasteiger partial charge < -0.3 is 10.2 Å². The van der Waals surface area contributed by atoms with Crippen LogP contribution in [0.25, 0.3) is 5.82 Å². The van der Waals surface area contributed by atoms with Crippen LogP contribution in [0.5, 0.6) is 0 Å². The maximum absolute atomic E-state index is 4.62. The summed E-state index contributed by atoms with van der Waals surface area (Å²) in [6.45, 7) is 8.81. The molecule has 3 rings (SSSR count). The molecule has 0 aromatic carbocycles. The second kappa shape index (κ2) is 6.87. The second-order valence-corrected chi connectivity index (χ2v) is 6.10. The third-order valence-corrected chi connectivity index (χ3v) is 4.09. The molecule has 1 N–H and O–H groups in total. The van der Waals surface area contributed by atoms with E-state index in [-0.39, 0.29) is 0 Å². The van der Waals surface area contributed by atoms with E-state index < -0.39 is 0 Å². The van der Waals surface area contributed by atoms with Crippen molar-refractivity contribution in [3.63, 3.8) is 0 Å². The number of rotatable bonds is 6. The first-order valence-corrected chi connectivity index (χ1v) is 8.01. The van der Waals surface area contributed by atoms with Crippen molar-refractivity contribution in [2.75, 3.05) is 31.5 Å². The molecule has 0 bridgehead atoms. The number of nitrogens with one attached hydrogen (secondary N) is 1. The predicted molar refractivity (Wildman–Crippen MR) is 87.2 cm³/mol. The van der Waals surface area contributed by atoms with Gasteiger partial charge in [0.2, 0.25) is 0 Å². The summed E-state index contributed by atoms with van der Waals surface area (Å²) in [7, 11) is 0. The fourth-order valence-electron chi connectivity index (χ4n) is 2.93. The lowest BCUT2D eigenvalue weighted by molar-refractivity contribution is 0.294. The van der Waals surface area contributed by atoms with E-state index in [1.165, 1.54) is 25.9 Å². The summed E-state index contributed by atoms with van der Waals surface area (Å²) in [4.78, 5) is 15.7. The van der Waals surface area contributed by atoms with Gasteiger partial charge in [-0.2, -0.15) is 0 Å². The molecule has 0 spiro atoms. The molecule has 118 valence electrons. The van der Waals surface area contributed by atoms with Gasteiger partial charge in [-0.3, -0.25) is 9.55 Å². The largest absolute Gasteiger partial charge is 0.368 e. The van der Waals surface area contributed by atoms with E-state index in [2.05, 4.69) is 32.1 Å². The zero-order chi connectivity index (χ0) is 15.4. The number of hydrogen-bond acceptors (Lipinski definition) is 5. The van der Waals surface area contributed by atoms with Gasteiger partial charge in [0.05, 0.1) is 12.4 Å². The molecule has 1 atom stereocenters. The number of hydrogen-bond donors (Lipinski definition) is 1. The van der Waals surface area contributed by atoms with Crippen LogP contribution in [-0.4, -0.2) is 50.6 Å². The number of aryl methyl sites for hydroxylation is 1. The Bertz CT molecular complexity index is 602. The monoisotopic (exact) mass is 300 g/mol. The second-order valence-electron chi connectivity index (χ2n) is 6.10. The van der Waals surface area contributed by atoms with Gasteiger partial charge in [-0.15, -0.1) is 0 Å². The summed E-state index contributed by atoms with van der Waals surface area (Å²) >= 11 is 0. The van der Waals surface area contributed by atoms with Crippen LogP contribution >= 0.6 is 0 Å². The zero-order valence-corrected chi connectivity index (χ0v) is 13.4.